The molecule has 6 nitrogen and oxygen atoms in total. The lowest BCUT2D eigenvalue weighted by Crippen LogP contribution is -2.57. The Balaban J connectivity index is 2.16. The fraction of sp³-hybridized carbons (Fsp3) is 0.385. The molecule has 8 heteroatoms. The third kappa shape index (κ3) is 2.47. The van der Waals surface area contributed by atoms with Gasteiger partial charge in [0, 0.05) is 4.88 Å². The molecule has 0 spiro atoms. The van der Waals surface area contributed by atoms with E-state index in [-0.39, 0.29) is 23.6 Å². The van der Waals surface area contributed by atoms with Crippen molar-refractivity contribution in [3.05, 3.63) is 16.2 Å². The van der Waals surface area contributed by atoms with Crippen LogP contribution < -0.4 is 10.2 Å². The highest BCUT2D eigenvalue weighted by Crippen LogP contribution is 2.33. The van der Waals surface area contributed by atoms with Gasteiger partial charge in [0.25, 0.3) is 0 Å². The number of hydrogen-bond acceptors (Lipinski definition) is 6. The zero-order chi connectivity index (χ0) is 15.1. The van der Waals surface area contributed by atoms with Crippen molar-refractivity contribution < 1.29 is 9.59 Å². The first-order chi connectivity index (χ1) is 9.99. The second kappa shape index (κ2) is 5.23. The summed E-state index contributed by atoms with van der Waals surface area (Å²) in [6, 6.07) is 1.51. The summed E-state index contributed by atoms with van der Waals surface area (Å²) in [4.78, 5) is 35.5. The summed E-state index contributed by atoms with van der Waals surface area (Å²) >= 11 is 7.53. The molecule has 2 aromatic rings. The topological polar surface area (TPSA) is 75.2 Å². The molecule has 1 atom stereocenters. The van der Waals surface area contributed by atoms with Gasteiger partial charge in [-0.25, -0.2) is 4.98 Å². The zero-order valence-corrected chi connectivity index (χ0v) is 13.1. The summed E-state index contributed by atoms with van der Waals surface area (Å²) in [5.74, 6) is -0.136. The second-order valence-corrected chi connectivity index (χ2v) is 6.27. The van der Waals surface area contributed by atoms with Gasteiger partial charge < -0.3 is 4.90 Å². The molecule has 1 N–H and O–H groups in total. The number of nitrogens with one attached hydrogen (secondary N) is 1. The summed E-state index contributed by atoms with van der Waals surface area (Å²) in [6.45, 7) is 3.86. The molecular weight excluding hydrogens is 312 g/mol. The molecule has 2 amide bonds. The predicted octanol–water partition coefficient (Wildman–Crippen LogP) is 1.76. The molecule has 1 aliphatic heterocycles. The maximum Gasteiger partial charge on any atom is 0.249 e. The molecule has 1 aliphatic rings. The summed E-state index contributed by atoms with van der Waals surface area (Å²) in [5, 5.41) is 3.26. The van der Waals surface area contributed by atoms with Gasteiger partial charge in [-0.05, 0) is 31.0 Å². The Kier molecular flexibility index (Phi) is 3.54. The number of imide groups is 1. The number of fused-ring (bicyclic) bond motifs is 1. The Morgan fingerprint density at radius 1 is 1.48 bits per heavy atom. The second-order valence-electron chi connectivity index (χ2n) is 4.82. The minimum Gasteiger partial charge on any atom is -0.335 e. The predicted molar refractivity (Wildman–Crippen MR) is 81.8 cm³/mol. The molecule has 0 bridgehead atoms. The molecular formula is C13H13ClN4O2S. The van der Waals surface area contributed by atoms with Crippen LogP contribution >= 0.6 is 22.9 Å². The molecule has 1 unspecified atom stereocenters. The molecule has 21 heavy (non-hydrogen) atoms. The Morgan fingerprint density at radius 3 is 2.95 bits per heavy atom. The molecule has 0 aromatic carbocycles. The number of carbonyl (C=O) groups excluding carboxylic acids is 2. The quantitative estimate of drug-likeness (QED) is 0.673. The third-order valence-electron chi connectivity index (χ3n) is 3.44. The number of nitrogens with zero attached hydrogens (tertiary/aromatic N) is 3. The number of aryl methyl sites for hydroxylation is 1. The Labute approximate surface area is 130 Å². The van der Waals surface area contributed by atoms with Crippen LogP contribution in [0.2, 0.25) is 5.28 Å². The van der Waals surface area contributed by atoms with E-state index in [0.29, 0.717) is 5.82 Å². The van der Waals surface area contributed by atoms with Crippen LogP contribution in [0.4, 0.5) is 5.82 Å². The maximum absolute atomic E-state index is 11.8. The highest BCUT2D eigenvalue weighted by molar-refractivity contribution is 7.18. The van der Waals surface area contributed by atoms with Crippen LogP contribution in [0.15, 0.2) is 6.07 Å². The van der Waals surface area contributed by atoms with Crippen molar-refractivity contribution in [2.75, 3.05) is 11.4 Å². The first-order valence-electron chi connectivity index (χ1n) is 6.56. The molecule has 0 saturated carbocycles. The van der Waals surface area contributed by atoms with E-state index in [1.54, 1.807) is 23.2 Å². The van der Waals surface area contributed by atoms with Gasteiger partial charge in [-0.3, -0.25) is 14.9 Å². The van der Waals surface area contributed by atoms with Gasteiger partial charge in [-0.2, -0.15) is 4.98 Å². The smallest absolute Gasteiger partial charge is 0.249 e. The number of thiophene rings is 1. The molecule has 1 saturated heterocycles. The molecule has 2 aromatic heterocycles. The van der Waals surface area contributed by atoms with E-state index in [1.807, 2.05) is 6.07 Å². The lowest BCUT2D eigenvalue weighted by Gasteiger charge is -2.32. The standard InChI is InChI=1S/C13H13ClN4O2S/c1-3-7-4-8-10(16-13(14)17-12(8)21-7)18-5-9(19)15-11(20)6(18)2/h4,6H,3,5H2,1-2H3,(H,15,19,20). The molecule has 3 rings (SSSR count). The van der Waals surface area contributed by atoms with Crippen LogP contribution in [-0.4, -0.2) is 34.4 Å². The van der Waals surface area contributed by atoms with Gasteiger partial charge in [0.15, 0.2) is 0 Å². The van der Waals surface area contributed by atoms with Crippen LogP contribution in [0, 0.1) is 0 Å². The third-order valence-corrected chi connectivity index (χ3v) is 4.78. The number of amides is 2. The monoisotopic (exact) mass is 324 g/mol. The van der Waals surface area contributed by atoms with Gasteiger partial charge in [0.1, 0.15) is 16.7 Å². The number of aromatic nitrogens is 2. The van der Waals surface area contributed by atoms with Crippen LogP contribution in [0.3, 0.4) is 0 Å². The maximum atomic E-state index is 11.8. The van der Waals surface area contributed by atoms with Crippen molar-refractivity contribution in [1.82, 2.24) is 15.3 Å². The SMILES string of the molecule is CCc1cc2c(N3CC(=O)NC(=O)C3C)nc(Cl)nc2s1. The van der Waals surface area contributed by atoms with Crippen molar-refractivity contribution in [3.8, 4) is 0 Å². The highest BCUT2D eigenvalue weighted by Gasteiger charge is 2.32. The van der Waals surface area contributed by atoms with Crippen molar-refractivity contribution in [1.29, 1.82) is 0 Å². The number of hydrogen-bond donors (Lipinski definition) is 1. The van der Waals surface area contributed by atoms with E-state index in [9.17, 15) is 9.59 Å². The zero-order valence-electron chi connectivity index (χ0n) is 11.5. The van der Waals surface area contributed by atoms with Crippen LogP contribution in [0.1, 0.15) is 18.7 Å². The summed E-state index contributed by atoms with van der Waals surface area (Å²) < 4.78 is 0. The Morgan fingerprint density at radius 2 is 2.24 bits per heavy atom. The normalized spacial score (nSPS) is 19.2. The lowest BCUT2D eigenvalue weighted by atomic mass is 10.2. The first kappa shape index (κ1) is 14.2. The van der Waals surface area contributed by atoms with Gasteiger partial charge in [0.2, 0.25) is 17.1 Å². The van der Waals surface area contributed by atoms with Gasteiger partial charge >= 0.3 is 0 Å². The lowest BCUT2D eigenvalue weighted by molar-refractivity contribution is -0.132. The fourth-order valence-electron chi connectivity index (χ4n) is 2.30. The van der Waals surface area contributed by atoms with Crippen molar-refractivity contribution in [2.24, 2.45) is 0 Å². The highest BCUT2D eigenvalue weighted by atomic mass is 35.5. The van der Waals surface area contributed by atoms with Crippen LogP contribution in [-0.2, 0) is 16.0 Å². The van der Waals surface area contributed by atoms with Crippen molar-refractivity contribution in [3.63, 3.8) is 0 Å². The van der Waals surface area contributed by atoms with E-state index >= 15 is 0 Å². The minimum absolute atomic E-state index is 0.0760. The minimum atomic E-state index is -0.484. The number of carbonyl (C=O) groups is 2. The van der Waals surface area contributed by atoms with Gasteiger partial charge in [-0.1, -0.05) is 6.92 Å². The van der Waals surface area contributed by atoms with Crippen LogP contribution in [0.25, 0.3) is 10.2 Å². The Bertz CT molecular complexity index is 745. The molecule has 0 radical (unpaired) electrons. The Hall–Kier alpha value is -1.73. The van der Waals surface area contributed by atoms with E-state index in [1.165, 1.54) is 0 Å². The van der Waals surface area contributed by atoms with E-state index < -0.39 is 6.04 Å². The van der Waals surface area contributed by atoms with Crippen molar-refractivity contribution in [2.45, 2.75) is 26.3 Å². The average Bonchev–Trinajstić information content (AvgIpc) is 2.84. The first-order valence-corrected chi connectivity index (χ1v) is 7.75. The van der Waals surface area contributed by atoms with Crippen molar-refractivity contribution >= 4 is 50.8 Å². The number of rotatable bonds is 2. The molecule has 0 aliphatic carbocycles. The number of halogens is 1. The number of piperazine rings is 1. The van der Waals surface area contributed by atoms with Gasteiger partial charge in [-0.15, -0.1) is 11.3 Å². The number of anilines is 1. The summed E-state index contributed by atoms with van der Waals surface area (Å²) in [7, 11) is 0. The summed E-state index contributed by atoms with van der Waals surface area (Å²) in [6.07, 6.45) is 0.882. The molecule has 3 heterocycles. The van der Waals surface area contributed by atoms with E-state index in [4.69, 9.17) is 11.6 Å². The van der Waals surface area contributed by atoms with E-state index in [2.05, 4.69) is 22.2 Å². The van der Waals surface area contributed by atoms with E-state index in [0.717, 1.165) is 21.5 Å². The van der Waals surface area contributed by atoms with Gasteiger partial charge in [0.05, 0.1) is 11.9 Å². The molecule has 110 valence electrons. The fourth-order valence-corrected chi connectivity index (χ4v) is 3.47. The van der Waals surface area contributed by atoms with Crippen LogP contribution in [0.5, 0.6) is 0 Å². The summed E-state index contributed by atoms with van der Waals surface area (Å²) in [5.41, 5.74) is 0. The molecule has 1 fully saturated rings. The largest absolute Gasteiger partial charge is 0.335 e. The average molecular weight is 325 g/mol.